The van der Waals surface area contributed by atoms with Crippen molar-refractivity contribution in [3.05, 3.63) is 29.8 Å². The van der Waals surface area contributed by atoms with Crippen molar-refractivity contribution in [3.8, 4) is 5.75 Å². The van der Waals surface area contributed by atoms with Crippen LogP contribution in [0.4, 0.5) is 4.79 Å². The molecular weight excluding hydrogens is 204 g/mol. The fourth-order valence-corrected chi connectivity index (χ4v) is 1.27. The van der Waals surface area contributed by atoms with E-state index in [4.69, 9.17) is 4.74 Å². The largest absolute Gasteiger partial charge is 0.412 e. The van der Waals surface area contributed by atoms with Crippen LogP contribution in [-0.4, -0.2) is 32.1 Å². The predicted molar refractivity (Wildman–Crippen MR) is 63.6 cm³/mol. The summed E-state index contributed by atoms with van der Waals surface area (Å²) < 4.78 is 5.00. The van der Waals surface area contributed by atoms with E-state index < -0.39 is 6.09 Å². The van der Waals surface area contributed by atoms with Crippen molar-refractivity contribution in [2.75, 3.05) is 21.1 Å². The second-order valence-electron chi connectivity index (χ2n) is 3.85. The van der Waals surface area contributed by atoms with Gasteiger partial charge >= 0.3 is 6.09 Å². The number of nitrogens with zero attached hydrogens (tertiary/aromatic N) is 1. The Morgan fingerprint density at radius 3 is 2.31 bits per heavy atom. The molecule has 0 aromatic heterocycles. The highest BCUT2D eigenvalue weighted by Gasteiger charge is 2.08. The lowest BCUT2D eigenvalue weighted by atomic mass is 10.1. The Balaban J connectivity index is 2.71. The summed E-state index contributed by atoms with van der Waals surface area (Å²) in [6, 6.07) is 7.86. The number of benzene rings is 1. The summed E-state index contributed by atoms with van der Waals surface area (Å²) in [7, 11) is 5.59. The maximum absolute atomic E-state index is 11.0. The first-order chi connectivity index (χ1) is 7.54. The standard InChI is InChI=1S/C12H18N2O2/c1-9(14(3)4)10-5-7-11(8-6-10)16-12(15)13-2/h5-9H,1-4H3,(H,13,15). The highest BCUT2D eigenvalue weighted by Crippen LogP contribution is 2.20. The van der Waals surface area contributed by atoms with Crippen molar-refractivity contribution in [1.29, 1.82) is 0 Å². The zero-order valence-electron chi connectivity index (χ0n) is 10.2. The lowest BCUT2D eigenvalue weighted by Crippen LogP contribution is -2.22. The van der Waals surface area contributed by atoms with Gasteiger partial charge in [0.1, 0.15) is 5.75 Å². The summed E-state index contributed by atoms with van der Waals surface area (Å²) >= 11 is 0. The van der Waals surface area contributed by atoms with E-state index in [0.29, 0.717) is 11.8 Å². The van der Waals surface area contributed by atoms with E-state index in [1.807, 2.05) is 26.2 Å². The normalized spacial score (nSPS) is 12.3. The van der Waals surface area contributed by atoms with E-state index in [-0.39, 0.29) is 0 Å². The second-order valence-corrected chi connectivity index (χ2v) is 3.85. The van der Waals surface area contributed by atoms with E-state index in [1.54, 1.807) is 12.1 Å². The molecule has 0 aliphatic rings. The van der Waals surface area contributed by atoms with Crippen molar-refractivity contribution in [3.63, 3.8) is 0 Å². The topological polar surface area (TPSA) is 41.6 Å². The minimum Gasteiger partial charge on any atom is -0.410 e. The van der Waals surface area contributed by atoms with Gasteiger partial charge < -0.3 is 15.0 Å². The van der Waals surface area contributed by atoms with Crippen LogP contribution in [0.3, 0.4) is 0 Å². The Morgan fingerprint density at radius 1 is 1.31 bits per heavy atom. The van der Waals surface area contributed by atoms with Crippen molar-refractivity contribution < 1.29 is 9.53 Å². The molecule has 1 rings (SSSR count). The predicted octanol–water partition coefficient (Wildman–Crippen LogP) is 2.03. The summed E-state index contributed by atoms with van der Waals surface area (Å²) in [4.78, 5) is 13.1. The lowest BCUT2D eigenvalue weighted by Gasteiger charge is -2.20. The number of hydrogen-bond donors (Lipinski definition) is 1. The molecule has 0 saturated heterocycles. The third-order valence-electron chi connectivity index (χ3n) is 2.55. The SMILES string of the molecule is CNC(=O)Oc1ccc(C(C)N(C)C)cc1. The zero-order chi connectivity index (χ0) is 12.1. The first-order valence-electron chi connectivity index (χ1n) is 5.20. The van der Waals surface area contributed by atoms with Crippen LogP contribution in [0, 0.1) is 0 Å². The van der Waals surface area contributed by atoms with E-state index in [1.165, 1.54) is 12.6 Å². The third-order valence-corrected chi connectivity index (χ3v) is 2.55. The van der Waals surface area contributed by atoms with Crippen LogP contribution < -0.4 is 10.1 Å². The van der Waals surface area contributed by atoms with E-state index >= 15 is 0 Å². The van der Waals surface area contributed by atoms with Gasteiger partial charge in [0.25, 0.3) is 0 Å². The van der Waals surface area contributed by atoms with Crippen LogP contribution in [0.1, 0.15) is 18.5 Å². The number of hydrogen-bond acceptors (Lipinski definition) is 3. The maximum Gasteiger partial charge on any atom is 0.412 e. The van der Waals surface area contributed by atoms with Crippen LogP contribution in [0.2, 0.25) is 0 Å². The van der Waals surface area contributed by atoms with E-state index in [0.717, 1.165) is 0 Å². The number of carbonyl (C=O) groups excluding carboxylic acids is 1. The Bertz CT molecular complexity index is 347. The molecule has 0 spiro atoms. The van der Waals surface area contributed by atoms with Crippen LogP contribution in [0.25, 0.3) is 0 Å². The molecule has 1 atom stereocenters. The van der Waals surface area contributed by atoms with Gasteiger partial charge in [-0.1, -0.05) is 12.1 Å². The van der Waals surface area contributed by atoms with Crippen LogP contribution in [0.5, 0.6) is 5.75 Å². The van der Waals surface area contributed by atoms with Crippen molar-refractivity contribution in [1.82, 2.24) is 10.2 Å². The Kier molecular flexibility index (Phi) is 4.31. The monoisotopic (exact) mass is 222 g/mol. The van der Waals surface area contributed by atoms with Crippen molar-refractivity contribution in [2.45, 2.75) is 13.0 Å². The molecule has 16 heavy (non-hydrogen) atoms. The van der Waals surface area contributed by atoms with Crippen molar-refractivity contribution >= 4 is 6.09 Å². The molecule has 88 valence electrons. The van der Waals surface area contributed by atoms with Gasteiger partial charge in [-0.2, -0.15) is 0 Å². The Hall–Kier alpha value is -1.55. The molecule has 0 aliphatic heterocycles. The van der Waals surface area contributed by atoms with E-state index in [9.17, 15) is 4.79 Å². The summed E-state index contributed by atoms with van der Waals surface area (Å²) in [5.41, 5.74) is 1.19. The summed E-state index contributed by atoms with van der Waals surface area (Å²) in [6.07, 6.45) is -0.451. The number of rotatable bonds is 3. The highest BCUT2D eigenvalue weighted by molar-refractivity contribution is 5.69. The van der Waals surface area contributed by atoms with Gasteiger partial charge in [0.2, 0.25) is 0 Å². The number of nitrogens with one attached hydrogen (secondary N) is 1. The van der Waals surface area contributed by atoms with Gasteiger partial charge in [0.15, 0.2) is 0 Å². The molecule has 0 aliphatic carbocycles. The molecule has 4 heteroatoms. The molecule has 4 nitrogen and oxygen atoms in total. The molecule has 1 N–H and O–H groups in total. The fraction of sp³-hybridized carbons (Fsp3) is 0.417. The number of carbonyl (C=O) groups is 1. The van der Waals surface area contributed by atoms with Gasteiger partial charge in [0, 0.05) is 13.1 Å². The smallest absolute Gasteiger partial charge is 0.410 e. The molecule has 1 aromatic carbocycles. The average molecular weight is 222 g/mol. The molecule has 1 unspecified atom stereocenters. The second kappa shape index (κ2) is 5.51. The summed E-state index contributed by atoms with van der Waals surface area (Å²) in [5.74, 6) is 0.550. The molecule has 0 fully saturated rings. The van der Waals surface area contributed by atoms with Crippen LogP contribution in [-0.2, 0) is 0 Å². The zero-order valence-corrected chi connectivity index (χ0v) is 10.2. The number of amides is 1. The third kappa shape index (κ3) is 3.24. The van der Waals surface area contributed by atoms with Gasteiger partial charge in [0.05, 0.1) is 0 Å². The van der Waals surface area contributed by atoms with Crippen LogP contribution in [0.15, 0.2) is 24.3 Å². The first kappa shape index (κ1) is 12.5. The summed E-state index contributed by atoms with van der Waals surface area (Å²) in [6.45, 7) is 2.12. The van der Waals surface area contributed by atoms with Gasteiger partial charge in [-0.05, 0) is 38.7 Å². The molecule has 0 saturated carbocycles. The van der Waals surface area contributed by atoms with E-state index in [2.05, 4.69) is 17.1 Å². The first-order valence-corrected chi connectivity index (χ1v) is 5.20. The molecular formula is C12H18N2O2. The van der Waals surface area contributed by atoms with Crippen LogP contribution >= 0.6 is 0 Å². The average Bonchev–Trinajstić information content (AvgIpc) is 2.28. The molecule has 1 aromatic rings. The van der Waals surface area contributed by atoms with Gasteiger partial charge in [-0.15, -0.1) is 0 Å². The molecule has 0 radical (unpaired) electrons. The quantitative estimate of drug-likeness (QED) is 0.850. The summed E-state index contributed by atoms with van der Waals surface area (Å²) in [5, 5.41) is 2.40. The minimum atomic E-state index is -0.451. The highest BCUT2D eigenvalue weighted by atomic mass is 16.5. The lowest BCUT2D eigenvalue weighted by molar-refractivity contribution is 0.203. The molecule has 0 heterocycles. The van der Waals surface area contributed by atoms with Gasteiger partial charge in [-0.3, -0.25) is 0 Å². The maximum atomic E-state index is 11.0. The Labute approximate surface area is 96.2 Å². The van der Waals surface area contributed by atoms with Crippen molar-refractivity contribution in [2.24, 2.45) is 0 Å². The molecule has 0 bridgehead atoms. The van der Waals surface area contributed by atoms with Gasteiger partial charge in [-0.25, -0.2) is 4.79 Å². The fourth-order valence-electron chi connectivity index (χ4n) is 1.27. The number of ether oxygens (including phenoxy) is 1. The Morgan fingerprint density at radius 2 is 1.88 bits per heavy atom. The molecule has 1 amide bonds. The minimum absolute atomic E-state index is 0.342.